The quantitative estimate of drug-likeness (QED) is 0.906. The molecule has 2 aliphatic rings. The van der Waals surface area contributed by atoms with Crippen LogP contribution in [-0.4, -0.2) is 65.6 Å². The minimum atomic E-state index is -0.229. The van der Waals surface area contributed by atoms with Gasteiger partial charge in [0, 0.05) is 32.2 Å². The van der Waals surface area contributed by atoms with Crippen molar-refractivity contribution >= 4 is 17.7 Å². The summed E-state index contributed by atoms with van der Waals surface area (Å²) in [6.45, 7) is 5.27. The number of amides is 2. The molecule has 1 N–H and O–H groups in total. The van der Waals surface area contributed by atoms with Gasteiger partial charge in [0.2, 0.25) is 0 Å². The highest BCUT2D eigenvalue weighted by atomic mass is 16.6. The number of nitrogens with one attached hydrogen (secondary N) is 1. The van der Waals surface area contributed by atoms with Crippen LogP contribution in [-0.2, 0) is 4.74 Å². The summed E-state index contributed by atoms with van der Waals surface area (Å²) in [6.07, 6.45) is 5.39. The van der Waals surface area contributed by atoms with Crippen molar-refractivity contribution in [2.75, 3.05) is 38.1 Å². The number of ether oxygens (including phenoxy) is 1. The first-order valence-electron chi connectivity index (χ1n) is 9.11. The van der Waals surface area contributed by atoms with Gasteiger partial charge in [-0.25, -0.2) is 9.78 Å². The SMILES string of the molecule is CCOC(=O)N1CCC(Nc2ccc(C(=O)N3CCCC3)nc2)CC1. The Balaban J connectivity index is 1.49. The third-order valence-corrected chi connectivity index (χ3v) is 4.77. The van der Waals surface area contributed by atoms with E-state index in [0.717, 1.165) is 44.5 Å². The Bertz CT molecular complexity index is 591. The van der Waals surface area contributed by atoms with Gasteiger partial charge in [0.15, 0.2) is 0 Å². The van der Waals surface area contributed by atoms with Crippen LogP contribution in [0, 0.1) is 0 Å². The number of rotatable bonds is 4. The summed E-state index contributed by atoms with van der Waals surface area (Å²) in [5.74, 6) is 0.0202. The van der Waals surface area contributed by atoms with Crippen molar-refractivity contribution in [2.24, 2.45) is 0 Å². The first kappa shape index (κ1) is 17.5. The summed E-state index contributed by atoms with van der Waals surface area (Å²) in [5, 5.41) is 3.44. The third kappa shape index (κ3) is 4.41. The van der Waals surface area contributed by atoms with E-state index in [9.17, 15) is 9.59 Å². The van der Waals surface area contributed by atoms with Crippen molar-refractivity contribution < 1.29 is 14.3 Å². The average molecular weight is 346 g/mol. The van der Waals surface area contributed by atoms with E-state index in [0.29, 0.717) is 31.4 Å². The maximum absolute atomic E-state index is 12.3. The number of piperidine rings is 1. The molecule has 0 aromatic carbocycles. The zero-order valence-corrected chi connectivity index (χ0v) is 14.7. The van der Waals surface area contributed by atoms with Crippen LogP contribution < -0.4 is 5.32 Å². The van der Waals surface area contributed by atoms with E-state index >= 15 is 0 Å². The molecule has 25 heavy (non-hydrogen) atoms. The number of likely N-dealkylation sites (tertiary alicyclic amines) is 2. The molecular weight excluding hydrogens is 320 g/mol. The zero-order valence-electron chi connectivity index (χ0n) is 14.7. The number of hydrogen-bond donors (Lipinski definition) is 1. The lowest BCUT2D eigenvalue weighted by atomic mass is 10.1. The maximum atomic E-state index is 12.3. The monoisotopic (exact) mass is 346 g/mol. The Morgan fingerprint density at radius 2 is 1.88 bits per heavy atom. The lowest BCUT2D eigenvalue weighted by Gasteiger charge is -2.32. The molecule has 2 amide bonds. The van der Waals surface area contributed by atoms with E-state index in [2.05, 4.69) is 10.3 Å². The largest absolute Gasteiger partial charge is 0.450 e. The summed E-state index contributed by atoms with van der Waals surface area (Å²) in [5.41, 5.74) is 1.41. The van der Waals surface area contributed by atoms with Crippen LogP contribution in [0.15, 0.2) is 18.3 Å². The first-order valence-corrected chi connectivity index (χ1v) is 9.11. The Hall–Kier alpha value is -2.31. The molecule has 0 aliphatic carbocycles. The van der Waals surface area contributed by atoms with E-state index in [4.69, 9.17) is 4.74 Å². The van der Waals surface area contributed by atoms with Gasteiger partial charge in [-0.1, -0.05) is 0 Å². The molecule has 7 nitrogen and oxygen atoms in total. The van der Waals surface area contributed by atoms with Gasteiger partial charge in [0.05, 0.1) is 18.5 Å². The molecule has 0 radical (unpaired) electrons. The second-order valence-corrected chi connectivity index (χ2v) is 6.54. The molecule has 0 unspecified atom stereocenters. The molecule has 0 saturated carbocycles. The number of aromatic nitrogens is 1. The molecule has 2 aliphatic heterocycles. The highest BCUT2D eigenvalue weighted by Crippen LogP contribution is 2.18. The number of anilines is 1. The first-order chi connectivity index (χ1) is 12.2. The van der Waals surface area contributed by atoms with Crippen molar-refractivity contribution in [3.05, 3.63) is 24.0 Å². The van der Waals surface area contributed by atoms with Crippen LogP contribution in [0.4, 0.5) is 10.5 Å². The summed E-state index contributed by atoms with van der Waals surface area (Å²) < 4.78 is 5.03. The predicted octanol–water partition coefficient (Wildman–Crippen LogP) is 2.35. The standard InChI is InChI=1S/C18H26N4O3/c1-2-25-18(24)22-11-7-14(8-12-22)20-15-5-6-16(19-13-15)17(23)21-9-3-4-10-21/h5-6,13-14,20H,2-4,7-12H2,1H3. The van der Waals surface area contributed by atoms with E-state index < -0.39 is 0 Å². The Morgan fingerprint density at radius 3 is 2.48 bits per heavy atom. The Morgan fingerprint density at radius 1 is 1.16 bits per heavy atom. The summed E-state index contributed by atoms with van der Waals surface area (Å²) in [7, 11) is 0. The smallest absolute Gasteiger partial charge is 0.409 e. The van der Waals surface area contributed by atoms with E-state index in [1.807, 2.05) is 17.9 Å². The molecule has 1 aromatic rings. The zero-order chi connectivity index (χ0) is 17.6. The highest BCUT2D eigenvalue weighted by Gasteiger charge is 2.24. The highest BCUT2D eigenvalue weighted by molar-refractivity contribution is 5.92. The molecule has 7 heteroatoms. The fourth-order valence-corrected chi connectivity index (χ4v) is 3.34. The topological polar surface area (TPSA) is 74.8 Å². The normalized spacial score (nSPS) is 18.3. The lowest BCUT2D eigenvalue weighted by molar-refractivity contribution is 0.0787. The summed E-state index contributed by atoms with van der Waals surface area (Å²) >= 11 is 0. The van der Waals surface area contributed by atoms with Crippen molar-refractivity contribution in [3.8, 4) is 0 Å². The molecule has 2 fully saturated rings. The van der Waals surface area contributed by atoms with Gasteiger partial charge in [0.25, 0.3) is 5.91 Å². The molecule has 0 spiro atoms. The number of hydrogen-bond acceptors (Lipinski definition) is 5. The molecule has 3 rings (SSSR count). The van der Waals surface area contributed by atoms with Gasteiger partial charge in [0.1, 0.15) is 5.69 Å². The molecule has 2 saturated heterocycles. The summed E-state index contributed by atoms with van der Waals surface area (Å²) in [4.78, 5) is 31.9. The van der Waals surface area contributed by atoms with E-state index in [1.165, 1.54) is 0 Å². The minimum Gasteiger partial charge on any atom is -0.450 e. The van der Waals surface area contributed by atoms with Gasteiger partial charge in [-0.05, 0) is 44.7 Å². The average Bonchev–Trinajstić information content (AvgIpc) is 3.17. The van der Waals surface area contributed by atoms with Crippen LogP contribution in [0.25, 0.3) is 0 Å². The molecule has 3 heterocycles. The number of carbonyl (C=O) groups excluding carboxylic acids is 2. The Kier molecular flexibility index (Phi) is 5.73. The van der Waals surface area contributed by atoms with E-state index in [1.54, 1.807) is 17.2 Å². The van der Waals surface area contributed by atoms with Crippen LogP contribution >= 0.6 is 0 Å². The number of nitrogens with zero attached hydrogens (tertiary/aromatic N) is 3. The van der Waals surface area contributed by atoms with Crippen molar-refractivity contribution in [1.82, 2.24) is 14.8 Å². The van der Waals surface area contributed by atoms with Crippen LogP contribution in [0.5, 0.6) is 0 Å². The predicted molar refractivity (Wildman–Crippen MR) is 94.6 cm³/mol. The fourth-order valence-electron chi connectivity index (χ4n) is 3.34. The molecule has 0 bridgehead atoms. The third-order valence-electron chi connectivity index (χ3n) is 4.77. The van der Waals surface area contributed by atoms with Gasteiger partial charge in [-0.15, -0.1) is 0 Å². The molecule has 0 atom stereocenters. The van der Waals surface area contributed by atoms with Crippen LogP contribution in [0.2, 0.25) is 0 Å². The maximum Gasteiger partial charge on any atom is 0.409 e. The van der Waals surface area contributed by atoms with Crippen LogP contribution in [0.3, 0.4) is 0 Å². The second-order valence-electron chi connectivity index (χ2n) is 6.54. The second kappa shape index (κ2) is 8.18. The minimum absolute atomic E-state index is 0.0202. The van der Waals surface area contributed by atoms with Crippen molar-refractivity contribution in [2.45, 2.75) is 38.6 Å². The number of carbonyl (C=O) groups is 2. The number of pyridine rings is 1. The van der Waals surface area contributed by atoms with Gasteiger partial charge >= 0.3 is 6.09 Å². The van der Waals surface area contributed by atoms with Crippen molar-refractivity contribution in [1.29, 1.82) is 0 Å². The molecule has 136 valence electrons. The van der Waals surface area contributed by atoms with Gasteiger partial charge in [-0.2, -0.15) is 0 Å². The molecule has 1 aromatic heterocycles. The van der Waals surface area contributed by atoms with Crippen LogP contribution in [0.1, 0.15) is 43.1 Å². The lowest BCUT2D eigenvalue weighted by Crippen LogP contribution is -2.42. The van der Waals surface area contributed by atoms with E-state index in [-0.39, 0.29) is 12.0 Å². The Labute approximate surface area is 148 Å². The van der Waals surface area contributed by atoms with Gasteiger partial charge < -0.3 is 19.9 Å². The molecular formula is C18H26N4O3. The fraction of sp³-hybridized carbons (Fsp3) is 0.611. The van der Waals surface area contributed by atoms with Gasteiger partial charge in [-0.3, -0.25) is 4.79 Å². The summed E-state index contributed by atoms with van der Waals surface area (Å²) in [6, 6.07) is 4.00. The van der Waals surface area contributed by atoms with Crippen molar-refractivity contribution in [3.63, 3.8) is 0 Å².